The molecule has 2 heterocycles. The molecule has 2 saturated carbocycles. The Morgan fingerprint density at radius 2 is 1.93 bits per heavy atom. The van der Waals surface area contributed by atoms with Crippen LogP contribution in [0.2, 0.25) is 0 Å². The second-order valence-electron chi connectivity index (χ2n) is 8.06. The number of nitrogens with one attached hydrogen (secondary N) is 2. The number of benzene rings is 1. The lowest BCUT2D eigenvalue weighted by Gasteiger charge is -2.26. The second-order valence-corrected chi connectivity index (χ2v) is 8.89. The first-order valence-electron chi connectivity index (χ1n) is 10.2. The van der Waals surface area contributed by atoms with Crippen molar-refractivity contribution >= 4 is 28.2 Å². The number of rotatable bonds is 4. The fraction of sp³-hybridized carbons (Fsp3) is 0.524. The maximum absolute atomic E-state index is 12.3. The lowest BCUT2D eigenvalue weighted by Crippen LogP contribution is -2.39. The van der Waals surface area contributed by atoms with Crippen LogP contribution in [0, 0.1) is 11.8 Å². The normalized spacial score (nSPS) is 26.4. The largest absolute Gasteiger partial charge is 0.378 e. The van der Waals surface area contributed by atoms with Gasteiger partial charge in [0, 0.05) is 35.8 Å². The zero-order valence-electron chi connectivity index (χ0n) is 15.9. The number of anilines is 2. The van der Waals surface area contributed by atoms with E-state index in [1.54, 1.807) is 11.3 Å². The third kappa shape index (κ3) is 4.00. The highest BCUT2D eigenvalue weighted by Crippen LogP contribution is 2.49. The Balaban J connectivity index is 1.17. The summed E-state index contributed by atoms with van der Waals surface area (Å²) in [6.07, 6.45) is 4.89. The van der Waals surface area contributed by atoms with Gasteiger partial charge in [-0.25, -0.2) is 9.78 Å². The lowest BCUT2D eigenvalue weighted by atomic mass is 9.96. The fourth-order valence-electron chi connectivity index (χ4n) is 4.36. The predicted octanol–water partition coefficient (Wildman–Crippen LogP) is 3.96. The topological polar surface area (TPSA) is 66.5 Å². The molecule has 148 valence electrons. The summed E-state index contributed by atoms with van der Waals surface area (Å²) >= 11 is 1.67. The van der Waals surface area contributed by atoms with Gasteiger partial charge in [-0.2, -0.15) is 0 Å². The minimum absolute atomic E-state index is 0.0971. The van der Waals surface area contributed by atoms with Gasteiger partial charge < -0.3 is 20.3 Å². The van der Waals surface area contributed by atoms with Gasteiger partial charge in [-0.3, -0.25) is 0 Å². The molecule has 5 rings (SSSR count). The van der Waals surface area contributed by atoms with Gasteiger partial charge >= 0.3 is 6.03 Å². The van der Waals surface area contributed by atoms with Crippen molar-refractivity contribution in [3.8, 4) is 11.3 Å². The summed E-state index contributed by atoms with van der Waals surface area (Å²) in [6, 6.07) is 8.16. The Morgan fingerprint density at radius 1 is 1.11 bits per heavy atom. The van der Waals surface area contributed by atoms with Crippen molar-refractivity contribution in [3.05, 3.63) is 29.6 Å². The average molecular weight is 399 g/mol. The van der Waals surface area contributed by atoms with E-state index in [0.717, 1.165) is 73.1 Å². The molecular formula is C21H26N4O2S. The number of hydrogen-bond donors (Lipinski definition) is 2. The van der Waals surface area contributed by atoms with Gasteiger partial charge in [0.25, 0.3) is 0 Å². The number of carbonyl (C=O) groups excluding carboxylic acids is 1. The highest BCUT2D eigenvalue weighted by Gasteiger charge is 2.42. The third-order valence-corrected chi connectivity index (χ3v) is 6.99. The van der Waals surface area contributed by atoms with Crippen molar-refractivity contribution in [3.63, 3.8) is 0 Å². The van der Waals surface area contributed by atoms with E-state index < -0.39 is 0 Å². The molecule has 0 spiro atoms. The Labute approximate surface area is 169 Å². The predicted molar refractivity (Wildman–Crippen MR) is 112 cm³/mol. The first kappa shape index (κ1) is 17.9. The maximum Gasteiger partial charge on any atom is 0.319 e. The maximum atomic E-state index is 12.3. The number of nitrogens with zero attached hydrogens (tertiary/aromatic N) is 2. The molecule has 7 heteroatoms. The van der Waals surface area contributed by atoms with E-state index in [-0.39, 0.29) is 6.03 Å². The van der Waals surface area contributed by atoms with Crippen molar-refractivity contribution in [1.82, 2.24) is 10.3 Å². The Morgan fingerprint density at radius 3 is 2.71 bits per heavy atom. The van der Waals surface area contributed by atoms with E-state index >= 15 is 0 Å². The van der Waals surface area contributed by atoms with Crippen LogP contribution in [0.5, 0.6) is 0 Å². The van der Waals surface area contributed by atoms with E-state index in [1.807, 2.05) is 24.3 Å². The Kier molecular flexibility index (Phi) is 4.94. The number of urea groups is 1. The van der Waals surface area contributed by atoms with E-state index in [4.69, 9.17) is 9.72 Å². The van der Waals surface area contributed by atoms with Gasteiger partial charge in [0.2, 0.25) is 0 Å². The molecule has 1 aromatic carbocycles. The zero-order valence-corrected chi connectivity index (χ0v) is 16.7. The summed E-state index contributed by atoms with van der Waals surface area (Å²) < 4.78 is 5.41. The molecule has 0 bridgehead atoms. The minimum Gasteiger partial charge on any atom is -0.378 e. The summed E-state index contributed by atoms with van der Waals surface area (Å²) in [5, 5.41) is 9.24. The molecule has 2 aromatic rings. The Bertz CT molecular complexity index is 831. The van der Waals surface area contributed by atoms with Crippen LogP contribution < -0.4 is 15.5 Å². The smallest absolute Gasteiger partial charge is 0.319 e. The number of morpholine rings is 1. The summed E-state index contributed by atoms with van der Waals surface area (Å²) in [7, 11) is 0. The molecule has 0 radical (unpaired) electrons. The monoisotopic (exact) mass is 398 g/mol. The molecule has 3 atom stereocenters. The number of ether oxygens (including phenoxy) is 1. The van der Waals surface area contributed by atoms with Gasteiger partial charge in [-0.05, 0) is 49.7 Å². The zero-order chi connectivity index (χ0) is 18.9. The van der Waals surface area contributed by atoms with Gasteiger partial charge in [-0.1, -0.05) is 12.1 Å². The minimum atomic E-state index is -0.0971. The number of hydrogen-bond acceptors (Lipinski definition) is 5. The first-order chi connectivity index (χ1) is 13.7. The summed E-state index contributed by atoms with van der Waals surface area (Å²) in [6.45, 7) is 3.32. The molecule has 2 amide bonds. The van der Waals surface area contributed by atoms with Crippen LogP contribution in [-0.2, 0) is 4.74 Å². The fourth-order valence-corrected chi connectivity index (χ4v) is 5.24. The van der Waals surface area contributed by atoms with Crippen molar-refractivity contribution in [2.45, 2.75) is 31.7 Å². The molecule has 1 aromatic heterocycles. The van der Waals surface area contributed by atoms with Crippen LogP contribution in [0.1, 0.15) is 25.7 Å². The summed E-state index contributed by atoms with van der Waals surface area (Å²) in [5.74, 6) is 1.81. The van der Waals surface area contributed by atoms with Gasteiger partial charge in [0.1, 0.15) is 0 Å². The molecule has 2 aliphatic carbocycles. The van der Waals surface area contributed by atoms with E-state index in [0.29, 0.717) is 6.04 Å². The number of aromatic nitrogens is 1. The molecule has 3 aliphatic rings. The molecule has 3 fully saturated rings. The molecular weight excluding hydrogens is 372 g/mol. The summed E-state index contributed by atoms with van der Waals surface area (Å²) in [5.41, 5.74) is 2.85. The molecule has 2 N–H and O–H groups in total. The van der Waals surface area contributed by atoms with Crippen LogP contribution in [0.3, 0.4) is 0 Å². The van der Waals surface area contributed by atoms with Crippen LogP contribution in [-0.4, -0.2) is 43.4 Å². The summed E-state index contributed by atoms with van der Waals surface area (Å²) in [4.78, 5) is 19.3. The Hall–Kier alpha value is -2.12. The van der Waals surface area contributed by atoms with Gasteiger partial charge in [-0.15, -0.1) is 11.3 Å². The second kappa shape index (κ2) is 7.72. The molecule has 28 heavy (non-hydrogen) atoms. The van der Waals surface area contributed by atoms with Crippen LogP contribution in [0.15, 0.2) is 29.6 Å². The lowest BCUT2D eigenvalue weighted by molar-refractivity contribution is 0.122. The number of amides is 2. The van der Waals surface area contributed by atoms with Crippen LogP contribution in [0.4, 0.5) is 15.6 Å². The van der Waals surface area contributed by atoms with Crippen LogP contribution >= 0.6 is 11.3 Å². The molecule has 3 unspecified atom stereocenters. The molecule has 6 nitrogen and oxygen atoms in total. The highest BCUT2D eigenvalue weighted by atomic mass is 32.1. The van der Waals surface area contributed by atoms with Crippen molar-refractivity contribution < 1.29 is 9.53 Å². The first-order valence-corrected chi connectivity index (χ1v) is 11.1. The SMILES string of the molecule is O=C(Nc1ccc(-c2csc(N3CCOCC3)n2)cc1)NC1CCC2CC2C1. The van der Waals surface area contributed by atoms with Crippen LogP contribution in [0.25, 0.3) is 11.3 Å². The molecule has 1 aliphatic heterocycles. The van der Waals surface area contributed by atoms with E-state index in [2.05, 4.69) is 20.9 Å². The molecule has 1 saturated heterocycles. The number of fused-ring (bicyclic) bond motifs is 1. The quantitative estimate of drug-likeness (QED) is 0.818. The standard InChI is InChI=1S/C21H26N4O2S/c26-20(23-18-6-3-15-11-16(15)12-18)22-17-4-1-14(2-5-17)19-13-28-21(24-19)25-7-9-27-10-8-25/h1-2,4-5,13,15-16,18H,3,6-12H2,(H2,22,23,26). The highest BCUT2D eigenvalue weighted by molar-refractivity contribution is 7.14. The van der Waals surface area contributed by atoms with Gasteiger partial charge in [0.15, 0.2) is 5.13 Å². The number of thiazole rings is 1. The van der Waals surface area contributed by atoms with Crippen molar-refractivity contribution in [2.75, 3.05) is 36.5 Å². The third-order valence-electron chi connectivity index (χ3n) is 6.09. The van der Waals surface area contributed by atoms with Crippen molar-refractivity contribution in [2.24, 2.45) is 11.8 Å². The van der Waals surface area contributed by atoms with Crippen molar-refractivity contribution in [1.29, 1.82) is 0 Å². The van der Waals surface area contributed by atoms with E-state index in [9.17, 15) is 4.79 Å². The van der Waals surface area contributed by atoms with Gasteiger partial charge in [0.05, 0.1) is 18.9 Å². The average Bonchev–Trinajstić information content (AvgIpc) is 3.32. The number of carbonyl (C=O) groups is 1. The van der Waals surface area contributed by atoms with E-state index in [1.165, 1.54) is 12.8 Å².